The first kappa shape index (κ1) is 15.5. The van der Waals surface area contributed by atoms with Gasteiger partial charge in [-0.1, -0.05) is 39.0 Å². The van der Waals surface area contributed by atoms with Crippen LogP contribution in [-0.4, -0.2) is 12.2 Å². The summed E-state index contributed by atoms with van der Waals surface area (Å²) in [6.07, 6.45) is 2.65. The minimum Gasteiger partial charge on any atom is -0.375 e. The first-order valence-electron chi connectivity index (χ1n) is 8.02. The topological polar surface area (TPSA) is 35.2 Å². The predicted molar refractivity (Wildman–Crippen MR) is 84.8 cm³/mol. The maximum atomic E-state index is 6.66. The molecule has 0 radical (unpaired) electrons. The molecular formula is C18H29NO. The van der Waals surface area contributed by atoms with Gasteiger partial charge >= 0.3 is 0 Å². The molecule has 1 saturated heterocycles. The average Bonchev–Trinajstić information content (AvgIpc) is 2.70. The van der Waals surface area contributed by atoms with Crippen molar-refractivity contribution < 1.29 is 4.74 Å². The minimum absolute atomic E-state index is 0.0754. The summed E-state index contributed by atoms with van der Waals surface area (Å²) in [7, 11) is 0. The Hall–Kier alpha value is -0.860. The van der Waals surface area contributed by atoms with Gasteiger partial charge in [-0.15, -0.1) is 0 Å². The van der Waals surface area contributed by atoms with E-state index in [1.807, 2.05) is 0 Å². The van der Waals surface area contributed by atoms with Crippen LogP contribution < -0.4 is 5.73 Å². The molecule has 2 nitrogen and oxygen atoms in total. The Morgan fingerprint density at radius 3 is 2.30 bits per heavy atom. The maximum absolute atomic E-state index is 6.66. The van der Waals surface area contributed by atoms with Crippen LogP contribution in [0.2, 0.25) is 0 Å². The number of rotatable bonds is 4. The number of benzene rings is 1. The lowest BCUT2D eigenvalue weighted by Gasteiger charge is -2.28. The average molecular weight is 275 g/mol. The summed E-state index contributed by atoms with van der Waals surface area (Å²) in [5, 5.41) is 0. The van der Waals surface area contributed by atoms with Gasteiger partial charge in [-0.2, -0.15) is 0 Å². The molecule has 1 aromatic rings. The molecule has 1 aromatic carbocycles. The molecule has 5 unspecified atom stereocenters. The van der Waals surface area contributed by atoms with Crippen LogP contribution in [0.4, 0.5) is 0 Å². The van der Waals surface area contributed by atoms with Crippen LogP contribution in [-0.2, 0) is 17.6 Å². The van der Waals surface area contributed by atoms with Crippen LogP contribution >= 0.6 is 0 Å². The van der Waals surface area contributed by atoms with E-state index in [1.54, 1.807) is 0 Å². The zero-order valence-electron chi connectivity index (χ0n) is 13.5. The van der Waals surface area contributed by atoms with Gasteiger partial charge in [-0.05, 0) is 49.3 Å². The highest BCUT2D eigenvalue weighted by Gasteiger charge is 2.41. The molecule has 2 heteroatoms. The van der Waals surface area contributed by atoms with Gasteiger partial charge in [0.05, 0.1) is 12.2 Å². The standard InChI is InChI=1S/C18H29NO/c1-6-14-8-9-15(7-2)16(10-14)18(19)17-11(3)12(4)20-13(17)5/h8-13,17-18H,6-7,19H2,1-5H3. The van der Waals surface area contributed by atoms with E-state index in [1.165, 1.54) is 16.7 Å². The lowest BCUT2D eigenvalue weighted by molar-refractivity contribution is 0.0489. The molecule has 1 heterocycles. The van der Waals surface area contributed by atoms with Crippen LogP contribution in [0.15, 0.2) is 18.2 Å². The Morgan fingerprint density at radius 1 is 1.10 bits per heavy atom. The van der Waals surface area contributed by atoms with Crippen LogP contribution in [0.5, 0.6) is 0 Å². The largest absolute Gasteiger partial charge is 0.375 e. The first-order chi connectivity index (χ1) is 9.49. The highest BCUT2D eigenvalue weighted by Crippen LogP contribution is 2.40. The van der Waals surface area contributed by atoms with Gasteiger partial charge in [0.1, 0.15) is 0 Å². The molecule has 1 aliphatic rings. The second kappa shape index (κ2) is 6.28. The van der Waals surface area contributed by atoms with E-state index in [-0.39, 0.29) is 12.1 Å². The second-order valence-corrected chi connectivity index (χ2v) is 6.25. The van der Waals surface area contributed by atoms with Crippen molar-refractivity contribution in [1.82, 2.24) is 0 Å². The van der Waals surface area contributed by atoms with Gasteiger partial charge in [0.25, 0.3) is 0 Å². The molecule has 1 fully saturated rings. The van der Waals surface area contributed by atoms with Crippen LogP contribution in [0.25, 0.3) is 0 Å². The Balaban J connectivity index is 2.34. The fraction of sp³-hybridized carbons (Fsp3) is 0.667. The van der Waals surface area contributed by atoms with Crippen molar-refractivity contribution in [3.63, 3.8) is 0 Å². The number of aryl methyl sites for hydroxylation is 2. The third-order valence-electron chi connectivity index (χ3n) is 5.09. The third kappa shape index (κ3) is 2.77. The van der Waals surface area contributed by atoms with E-state index >= 15 is 0 Å². The molecule has 0 aromatic heterocycles. The molecule has 0 aliphatic carbocycles. The van der Waals surface area contributed by atoms with E-state index in [2.05, 4.69) is 52.8 Å². The maximum Gasteiger partial charge on any atom is 0.0600 e. The number of hydrogen-bond acceptors (Lipinski definition) is 2. The predicted octanol–water partition coefficient (Wildman–Crippen LogP) is 3.87. The monoisotopic (exact) mass is 275 g/mol. The van der Waals surface area contributed by atoms with Crippen LogP contribution in [0.1, 0.15) is 57.4 Å². The highest BCUT2D eigenvalue weighted by molar-refractivity contribution is 5.35. The van der Waals surface area contributed by atoms with Crippen LogP contribution in [0, 0.1) is 11.8 Å². The fourth-order valence-corrected chi connectivity index (χ4v) is 3.62. The van der Waals surface area contributed by atoms with Gasteiger partial charge < -0.3 is 10.5 Å². The fourth-order valence-electron chi connectivity index (χ4n) is 3.62. The van der Waals surface area contributed by atoms with Crippen molar-refractivity contribution in [3.8, 4) is 0 Å². The summed E-state index contributed by atoms with van der Waals surface area (Å²) in [5.41, 5.74) is 10.7. The summed E-state index contributed by atoms with van der Waals surface area (Å²) in [6.45, 7) is 11.0. The van der Waals surface area contributed by atoms with E-state index in [4.69, 9.17) is 10.5 Å². The number of ether oxygens (including phenoxy) is 1. The van der Waals surface area contributed by atoms with E-state index in [9.17, 15) is 0 Å². The quantitative estimate of drug-likeness (QED) is 0.905. The van der Waals surface area contributed by atoms with Gasteiger partial charge in [0, 0.05) is 12.0 Å². The Labute approximate surface area is 123 Å². The summed E-state index contributed by atoms with van der Waals surface area (Å²) >= 11 is 0. The molecule has 2 N–H and O–H groups in total. The van der Waals surface area contributed by atoms with Crippen molar-refractivity contribution in [2.75, 3.05) is 0 Å². The Bertz CT molecular complexity index is 457. The summed E-state index contributed by atoms with van der Waals surface area (Å²) in [6, 6.07) is 6.87. The second-order valence-electron chi connectivity index (χ2n) is 6.25. The SMILES string of the molecule is CCc1ccc(CC)c(C(N)C2C(C)OC(C)C2C)c1. The van der Waals surface area contributed by atoms with Crippen molar-refractivity contribution in [2.45, 2.75) is 65.7 Å². The number of hydrogen-bond donors (Lipinski definition) is 1. The van der Waals surface area contributed by atoms with E-state index in [0.717, 1.165) is 12.8 Å². The molecule has 0 amide bonds. The minimum atomic E-state index is 0.0754. The lowest BCUT2D eigenvalue weighted by atomic mass is 9.79. The summed E-state index contributed by atoms with van der Waals surface area (Å²) < 4.78 is 5.98. The van der Waals surface area contributed by atoms with Gasteiger partial charge in [-0.25, -0.2) is 0 Å². The molecule has 20 heavy (non-hydrogen) atoms. The zero-order valence-corrected chi connectivity index (χ0v) is 13.5. The van der Waals surface area contributed by atoms with Gasteiger partial charge in [0.2, 0.25) is 0 Å². The van der Waals surface area contributed by atoms with Crippen LogP contribution in [0.3, 0.4) is 0 Å². The molecule has 2 rings (SSSR count). The van der Waals surface area contributed by atoms with Gasteiger partial charge in [0.15, 0.2) is 0 Å². The molecule has 0 spiro atoms. The number of nitrogens with two attached hydrogens (primary N) is 1. The third-order valence-corrected chi connectivity index (χ3v) is 5.09. The Morgan fingerprint density at radius 2 is 1.80 bits per heavy atom. The normalized spacial score (nSPS) is 31.5. The highest BCUT2D eigenvalue weighted by atomic mass is 16.5. The summed E-state index contributed by atoms with van der Waals surface area (Å²) in [5.74, 6) is 0.914. The molecule has 0 bridgehead atoms. The Kier molecular flexibility index (Phi) is 4.87. The molecule has 0 saturated carbocycles. The molecule has 5 atom stereocenters. The summed E-state index contributed by atoms with van der Waals surface area (Å²) in [4.78, 5) is 0. The van der Waals surface area contributed by atoms with Crippen molar-refractivity contribution in [1.29, 1.82) is 0 Å². The van der Waals surface area contributed by atoms with Crippen molar-refractivity contribution in [3.05, 3.63) is 34.9 Å². The zero-order chi connectivity index (χ0) is 14.9. The molecule has 112 valence electrons. The smallest absolute Gasteiger partial charge is 0.0600 e. The molecular weight excluding hydrogens is 246 g/mol. The first-order valence-corrected chi connectivity index (χ1v) is 8.02. The van der Waals surface area contributed by atoms with E-state index in [0.29, 0.717) is 17.9 Å². The van der Waals surface area contributed by atoms with Crippen molar-refractivity contribution in [2.24, 2.45) is 17.6 Å². The lowest BCUT2D eigenvalue weighted by Crippen LogP contribution is -2.31. The van der Waals surface area contributed by atoms with Crippen molar-refractivity contribution >= 4 is 0 Å². The van der Waals surface area contributed by atoms with Gasteiger partial charge in [-0.3, -0.25) is 0 Å². The van der Waals surface area contributed by atoms with E-state index < -0.39 is 0 Å². The molecule has 1 aliphatic heterocycles.